The van der Waals surface area contributed by atoms with Gasteiger partial charge in [0.15, 0.2) is 0 Å². The molecule has 2 rings (SSSR count). The normalized spacial score (nSPS) is 13.1. The summed E-state index contributed by atoms with van der Waals surface area (Å²) in [7, 11) is 1.93. The summed E-state index contributed by atoms with van der Waals surface area (Å²) in [5.41, 5.74) is 9.29. The summed E-state index contributed by atoms with van der Waals surface area (Å²) in [6, 6.07) is 9.42. The van der Waals surface area contributed by atoms with Gasteiger partial charge in [0, 0.05) is 19.3 Å². The van der Waals surface area contributed by atoms with Gasteiger partial charge >= 0.3 is 0 Å². The summed E-state index contributed by atoms with van der Waals surface area (Å²) in [5.74, 6) is -0.169. The number of rotatable bonds is 5. The van der Waals surface area contributed by atoms with Crippen molar-refractivity contribution in [2.24, 2.45) is 12.8 Å². The van der Waals surface area contributed by atoms with Crippen LogP contribution in [-0.2, 0) is 23.8 Å². The van der Waals surface area contributed by atoms with Crippen molar-refractivity contribution < 1.29 is 4.79 Å². The molecule has 0 aliphatic carbocycles. The number of hydrogen-bond donors (Lipinski definition) is 2. The highest BCUT2D eigenvalue weighted by atomic mass is 35.5. The van der Waals surface area contributed by atoms with Gasteiger partial charge in [0.05, 0.1) is 5.69 Å². The molecule has 0 saturated heterocycles. The molecule has 1 unspecified atom stereocenters. The number of carbonyl (C=O) groups excluding carboxylic acids is 1. The first-order valence-electron chi connectivity index (χ1n) is 7.46. The van der Waals surface area contributed by atoms with Crippen molar-refractivity contribution in [2.75, 3.05) is 6.54 Å². The fourth-order valence-corrected chi connectivity index (χ4v) is 2.58. The third-order valence-corrected chi connectivity index (χ3v) is 4.16. The summed E-state index contributed by atoms with van der Waals surface area (Å²) >= 11 is 0. The smallest absolute Gasteiger partial charge is 0.244 e. The Balaban J connectivity index is 0.00000264. The molecule has 1 aromatic heterocycles. The summed E-state index contributed by atoms with van der Waals surface area (Å²) in [4.78, 5) is 12.4. The number of nitrogens with one attached hydrogen (secondary N) is 1. The summed E-state index contributed by atoms with van der Waals surface area (Å²) < 4.78 is 1.86. The van der Waals surface area contributed by atoms with Gasteiger partial charge in [-0.05, 0) is 38.3 Å². The average Bonchev–Trinajstić information content (AvgIpc) is 2.74. The third-order valence-electron chi connectivity index (χ3n) is 4.16. The Labute approximate surface area is 143 Å². The van der Waals surface area contributed by atoms with E-state index in [0.29, 0.717) is 6.54 Å². The Hall–Kier alpha value is -1.85. The first-order valence-corrected chi connectivity index (χ1v) is 7.46. The standard InChI is InChI=1S/C17H24N4O.ClH/c1-12-15(13(2)21(4)20-12)10-11-19-16(22)17(3,18)14-8-6-5-7-9-14;/h5-9H,10-11,18H2,1-4H3,(H,19,22);1H. The molecule has 1 heterocycles. The molecule has 0 spiro atoms. The van der Waals surface area contributed by atoms with E-state index in [1.165, 1.54) is 5.56 Å². The van der Waals surface area contributed by atoms with Crippen molar-refractivity contribution in [1.29, 1.82) is 0 Å². The Kier molecular flexibility index (Phi) is 6.36. The van der Waals surface area contributed by atoms with Crippen LogP contribution in [0, 0.1) is 13.8 Å². The number of nitrogens with two attached hydrogens (primary N) is 1. The second-order valence-corrected chi connectivity index (χ2v) is 5.85. The number of hydrogen-bond acceptors (Lipinski definition) is 3. The Bertz CT molecular complexity index is 665. The lowest BCUT2D eigenvalue weighted by Gasteiger charge is -2.24. The van der Waals surface area contributed by atoms with Crippen LogP contribution in [0.1, 0.15) is 29.4 Å². The van der Waals surface area contributed by atoms with Crippen LogP contribution in [0.3, 0.4) is 0 Å². The molecule has 23 heavy (non-hydrogen) atoms. The van der Waals surface area contributed by atoms with E-state index in [2.05, 4.69) is 10.4 Å². The van der Waals surface area contributed by atoms with Crippen LogP contribution in [-0.4, -0.2) is 22.2 Å². The number of carbonyl (C=O) groups is 1. The molecule has 3 N–H and O–H groups in total. The average molecular weight is 337 g/mol. The van der Waals surface area contributed by atoms with Gasteiger partial charge in [0.1, 0.15) is 5.54 Å². The third kappa shape index (κ3) is 4.12. The van der Waals surface area contributed by atoms with Crippen LogP contribution < -0.4 is 11.1 Å². The first kappa shape index (κ1) is 19.2. The molecule has 0 saturated carbocycles. The van der Waals surface area contributed by atoms with Gasteiger partial charge in [-0.1, -0.05) is 30.3 Å². The van der Waals surface area contributed by atoms with Gasteiger partial charge in [-0.3, -0.25) is 9.48 Å². The zero-order chi connectivity index (χ0) is 16.3. The van der Waals surface area contributed by atoms with E-state index >= 15 is 0 Å². The fraction of sp³-hybridized carbons (Fsp3) is 0.412. The Morgan fingerprint density at radius 3 is 2.43 bits per heavy atom. The zero-order valence-corrected chi connectivity index (χ0v) is 14.9. The lowest BCUT2D eigenvalue weighted by molar-refractivity contribution is -0.126. The molecule has 6 heteroatoms. The van der Waals surface area contributed by atoms with Crippen LogP contribution >= 0.6 is 12.4 Å². The van der Waals surface area contributed by atoms with E-state index in [1.807, 2.05) is 55.9 Å². The molecular formula is C17H25ClN4O. The van der Waals surface area contributed by atoms with Crippen molar-refractivity contribution >= 4 is 18.3 Å². The molecular weight excluding hydrogens is 312 g/mol. The topological polar surface area (TPSA) is 72.9 Å². The van der Waals surface area contributed by atoms with Crippen molar-refractivity contribution in [3.8, 4) is 0 Å². The molecule has 5 nitrogen and oxygen atoms in total. The number of aryl methyl sites for hydroxylation is 2. The molecule has 1 aromatic carbocycles. The van der Waals surface area contributed by atoms with Gasteiger partial charge in [-0.2, -0.15) is 5.10 Å². The molecule has 1 atom stereocenters. The number of nitrogens with zero attached hydrogens (tertiary/aromatic N) is 2. The van der Waals surface area contributed by atoms with E-state index in [-0.39, 0.29) is 18.3 Å². The first-order chi connectivity index (χ1) is 10.3. The van der Waals surface area contributed by atoms with Gasteiger partial charge in [0.2, 0.25) is 5.91 Å². The lowest BCUT2D eigenvalue weighted by Crippen LogP contribution is -2.49. The predicted octanol–water partition coefficient (Wildman–Crippen LogP) is 1.99. The predicted molar refractivity (Wildman–Crippen MR) is 94.6 cm³/mol. The zero-order valence-electron chi connectivity index (χ0n) is 14.1. The largest absolute Gasteiger partial charge is 0.354 e. The van der Waals surface area contributed by atoms with Gasteiger partial charge in [-0.15, -0.1) is 12.4 Å². The SMILES string of the molecule is Cc1nn(C)c(C)c1CCNC(=O)C(C)(N)c1ccccc1.Cl. The molecule has 0 aliphatic rings. The van der Waals surface area contributed by atoms with Gasteiger partial charge in [-0.25, -0.2) is 0 Å². The maximum absolute atomic E-state index is 12.4. The number of amides is 1. The highest BCUT2D eigenvalue weighted by molar-refractivity contribution is 5.87. The second kappa shape index (κ2) is 7.62. The molecule has 0 bridgehead atoms. The van der Waals surface area contributed by atoms with Crippen LogP contribution in [0.5, 0.6) is 0 Å². The van der Waals surface area contributed by atoms with E-state index < -0.39 is 5.54 Å². The Morgan fingerprint density at radius 2 is 1.91 bits per heavy atom. The monoisotopic (exact) mass is 336 g/mol. The highest BCUT2D eigenvalue weighted by Gasteiger charge is 2.29. The summed E-state index contributed by atoms with van der Waals surface area (Å²) in [6.07, 6.45) is 0.752. The molecule has 126 valence electrons. The summed E-state index contributed by atoms with van der Waals surface area (Å²) in [5, 5.41) is 7.32. The van der Waals surface area contributed by atoms with Crippen molar-refractivity contribution in [1.82, 2.24) is 15.1 Å². The van der Waals surface area contributed by atoms with E-state index in [0.717, 1.165) is 23.4 Å². The van der Waals surface area contributed by atoms with E-state index in [1.54, 1.807) is 6.92 Å². The van der Waals surface area contributed by atoms with Gasteiger partial charge in [0.25, 0.3) is 0 Å². The molecule has 0 aliphatic heterocycles. The second-order valence-electron chi connectivity index (χ2n) is 5.85. The van der Waals surface area contributed by atoms with Crippen LogP contribution in [0.2, 0.25) is 0 Å². The molecule has 2 aromatic rings. The van der Waals surface area contributed by atoms with Crippen LogP contribution in [0.15, 0.2) is 30.3 Å². The van der Waals surface area contributed by atoms with Crippen LogP contribution in [0.25, 0.3) is 0 Å². The number of aromatic nitrogens is 2. The maximum atomic E-state index is 12.4. The van der Waals surface area contributed by atoms with Crippen molar-refractivity contribution in [3.63, 3.8) is 0 Å². The number of benzene rings is 1. The minimum Gasteiger partial charge on any atom is -0.354 e. The minimum absolute atomic E-state index is 0. The molecule has 0 fully saturated rings. The quantitative estimate of drug-likeness (QED) is 0.877. The summed E-state index contributed by atoms with van der Waals surface area (Å²) in [6.45, 7) is 6.30. The van der Waals surface area contributed by atoms with E-state index in [4.69, 9.17) is 5.73 Å². The van der Waals surface area contributed by atoms with Crippen molar-refractivity contribution in [3.05, 3.63) is 52.8 Å². The molecule has 0 radical (unpaired) electrons. The number of halogens is 1. The highest BCUT2D eigenvalue weighted by Crippen LogP contribution is 2.17. The van der Waals surface area contributed by atoms with E-state index in [9.17, 15) is 4.79 Å². The van der Waals surface area contributed by atoms with Crippen LogP contribution in [0.4, 0.5) is 0 Å². The maximum Gasteiger partial charge on any atom is 0.244 e. The molecule has 1 amide bonds. The Morgan fingerprint density at radius 1 is 1.30 bits per heavy atom. The minimum atomic E-state index is -1.03. The fourth-order valence-electron chi connectivity index (χ4n) is 2.58. The van der Waals surface area contributed by atoms with Crippen molar-refractivity contribution in [2.45, 2.75) is 32.7 Å². The van der Waals surface area contributed by atoms with Gasteiger partial charge < -0.3 is 11.1 Å². The lowest BCUT2D eigenvalue weighted by atomic mass is 9.92.